The van der Waals surface area contributed by atoms with Gasteiger partial charge in [-0.1, -0.05) is 24.3 Å². The molecule has 0 amide bonds. The fourth-order valence-electron chi connectivity index (χ4n) is 2.02. The Hall–Kier alpha value is -1.75. The summed E-state index contributed by atoms with van der Waals surface area (Å²) >= 11 is 1.80. The van der Waals surface area contributed by atoms with E-state index in [4.69, 9.17) is 5.11 Å². The maximum absolute atomic E-state index is 11.2. The van der Waals surface area contributed by atoms with Crippen LogP contribution < -0.4 is 5.32 Å². The van der Waals surface area contributed by atoms with Crippen LogP contribution in [-0.2, 0) is 0 Å². The molecule has 2 rings (SSSR count). The van der Waals surface area contributed by atoms with Crippen molar-refractivity contribution in [1.82, 2.24) is 4.98 Å². The van der Waals surface area contributed by atoms with E-state index in [1.54, 1.807) is 17.8 Å². The van der Waals surface area contributed by atoms with E-state index in [0.717, 1.165) is 22.9 Å². The van der Waals surface area contributed by atoms with Crippen molar-refractivity contribution in [2.75, 3.05) is 17.3 Å². The second kappa shape index (κ2) is 6.61. The van der Waals surface area contributed by atoms with Crippen LogP contribution in [0.2, 0.25) is 0 Å². The van der Waals surface area contributed by atoms with Gasteiger partial charge in [-0.25, -0.2) is 9.78 Å². The highest BCUT2D eigenvalue weighted by Crippen LogP contribution is 2.23. The average molecular weight is 290 g/mol. The van der Waals surface area contributed by atoms with E-state index in [0.29, 0.717) is 5.82 Å². The van der Waals surface area contributed by atoms with Crippen molar-refractivity contribution >= 4 is 34.3 Å². The van der Waals surface area contributed by atoms with Crippen molar-refractivity contribution < 1.29 is 9.90 Å². The number of carbonyl (C=O) groups is 1. The molecule has 1 aromatic carbocycles. The monoisotopic (exact) mass is 290 g/mol. The molecule has 106 valence electrons. The van der Waals surface area contributed by atoms with Crippen LogP contribution in [0.5, 0.6) is 0 Å². The molecule has 0 fully saturated rings. The Labute approximate surface area is 122 Å². The van der Waals surface area contributed by atoms with Crippen LogP contribution in [-0.4, -0.2) is 34.1 Å². The van der Waals surface area contributed by atoms with Gasteiger partial charge in [-0.2, -0.15) is 11.8 Å². The number of nitrogens with one attached hydrogen (secondary N) is 1. The lowest BCUT2D eigenvalue weighted by Gasteiger charge is -2.16. The van der Waals surface area contributed by atoms with Gasteiger partial charge in [0, 0.05) is 11.4 Å². The lowest BCUT2D eigenvalue weighted by atomic mass is 10.1. The van der Waals surface area contributed by atoms with E-state index >= 15 is 0 Å². The van der Waals surface area contributed by atoms with Gasteiger partial charge >= 0.3 is 5.97 Å². The Morgan fingerprint density at radius 3 is 2.90 bits per heavy atom. The highest BCUT2D eigenvalue weighted by atomic mass is 32.2. The first kappa shape index (κ1) is 14.7. The third-order valence-electron chi connectivity index (χ3n) is 3.10. The predicted molar refractivity (Wildman–Crippen MR) is 84.8 cm³/mol. The van der Waals surface area contributed by atoms with Crippen molar-refractivity contribution in [3.8, 4) is 0 Å². The summed E-state index contributed by atoms with van der Waals surface area (Å²) in [5.41, 5.74) is 0.0725. The second-order valence-corrected chi connectivity index (χ2v) is 5.69. The molecule has 0 spiro atoms. The number of rotatable bonds is 6. The number of aromatic nitrogens is 1. The van der Waals surface area contributed by atoms with Crippen molar-refractivity contribution in [1.29, 1.82) is 0 Å². The fraction of sp³-hybridized carbons (Fsp3) is 0.333. The van der Waals surface area contributed by atoms with Gasteiger partial charge in [0.2, 0.25) is 0 Å². The number of pyridine rings is 1. The van der Waals surface area contributed by atoms with Gasteiger partial charge in [0.25, 0.3) is 0 Å². The molecule has 0 saturated carbocycles. The first-order valence-corrected chi connectivity index (χ1v) is 7.89. The molecular formula is C15H18N2O2S. The molecule has 0 saturated heterocycles. The zero-order valence-electron chi connectivity index (χ0n) is 11.6. The summed E-state index contributed by atoms with van der Waals surface area (Å²) in [6, 6.07) is 9.55. The number of fused-ring (bicyclic) bond motifs is 1. The Balaban J connectivity index is 2.37. The molecular weight excluding hydrogens is 272 g/mol. The topological polar surface area (TPSA) is 62.2 Å². The zero-order valence-corrected chi connectivity index (χ0v) is 12.4. The molecule has 0 bridgehead atoms. The molecule has 2 aromatic rings. The van der Waals surface area contributed by atoms with Crippen LogP contribution in [0.3, 0.4) is 0 Å². The van der Waals surface area contributed by atoms with E-state index in [1.807, 2.05) is 24.3 Å². The predicted octanol–water partition coefficient (Wildman–Crippen LogP) is 3.49. The highest BCUT2D eigenvalue weighted by molar-refractivity contribution is 7.98. The molecule has 0 aliphatic carbocycles. The second-order valence-electron chi connectivity index (χ2n) is 4.71. The number of anilines is 1. The number of benzene rings is 1. The van der Waals surface area contributed by atoms with Gasteiger partial charge in [0.1, 0.15) is 5.82 Å². The van der Waals surface area contributed by atoms with Crippen LogP contribution in [0.15, 0.2) is 30.3 Å². The number of aromatic carboxylic acids is 1. The quantitative estimate of drug-likeness (QED) is 0.852. The minimum Gasteiger partial charge on any atom is -0.477 e. The van der Waals surface area contributed by atoms with Gasteiger partial charge < -0.3 is 10.4 Å². The average Bonchev–Trinajstić information content (AvgIpc) is 2.44. The smallest absolute Gasteiger partial charge is 0.354 e. The maximum atomic E-state index is 11.2. The summed E-state index contributed by atoms with van der Waals surface area (Å²) in [5, 5.41) is 14.3. The first-order chi connectivity index (χ1) is 9.61. The number of thioether (sulfide) groups is 1. The van der Waals surface area contributed by atoms with Crippen LogP contribution in [0.4, 0.5) is 5.82 Å². The molecule has 20 heavy (non-hydrogen) atoms. The van der Waals surface area contributed by atoms with Crippen molar-refractivity contribution in [2.24, 2.45) is 0 Å². The Bertz CT molecular complexity index is 616. The minimum absolute atomic E-state index is 0.0725. The van der Waals surface area contributed by atoms with Gasteiger partial charge in [-0.15, -0.1) is 0 Å². The lowest BCUT2D eigenvalue weighted by molar-refractivity contribution is 0.0691. The molecule has 5 heteroatoms. The van der Waals surface area contributed by atoms with Crippen LogP contribution in [0.1, 0.15) is 23.8 Å². The zero-order chi connectivity index (χ0) is 14.5. The third kappa shape index (κ3) is 3.42. The molecule has 0 radical (unpaired) electrons. The molecule has 2 N–H and O–H groups in total. The minimum atomic E-state index is -1.00. The highest BCUT2D eigenvalue weighted by Gasteiger charge is 2.12. The number of hydrogen-bond donors (Lipinski definition) is 2. The Morgan fingerprint density at radius 1 is 1.45 bits per heavy atom. The summed E-state index contributed by atoms with van der Waals surface area (Å²) in [4.78, 5) is 15.4. The summed E-state index contributed by atoms with van der Waals surface area (Å²) in [6.07, 6.45) is 3.08. The van der Waals surface area contributed by atoms with Crippen molar-refractivity contribution in [3.63, 3.8) is 0 Å². The van der Waals surface area contributed by atoms with Gasteiger partial charge in [0.05, 0.1) is 0 Å². The normalized spacial score (nSPS) is 12.3. The van der Waals surface area contributed by atoms with Gasteiger partial charge in [-0.3, -0.25) is 0 Å². The standard InChI is InChI=1S/C15H18N2O2S/c1-10(7-8-20-2)16-14-12-6-4-3-5-11(12)9-13(17-14)15(18)19/h3-6,9-10H,7-8H2,1-2H3,(H,16,17)(H,18,19). The number of nitrogens with zero attached hydrogens (tertiary/aromatic N) is 1. The molecule has 1 heterocycles. The summed E-state index contributed by atoms with van der Waals surface area (Å²) in [7, 11) is 0. The molecule has 1 atom stereocenters. The third-order valence-corrected chi connectivity index (χ3v) is 3.74. The molecule has 4 nitrogen and oxygen atoms in total. The number of carboxylic acid groups (broad SMARTS) is 1. The van der Waals surface area contributed by atoms with E-state index in [-0.39, 0.29) is 11.7 Å². The largest absolute Gasteiger partial charge is 0.477 e. The SMILES string of the molecule is CSCCC(C)Nc1nc(C(=O)O)cc2ccccc12. The number of hydrogen-bond acceptors (Lipinski definition) is 4. The fourth-order valence-corrected chi connectivity index (χ4v) is 2.61. The molecule has 0 aliphatic heterocycles. The first-order valence-electron chi connectivity index (χ1n) is 6.50. The van der Waals surface area contributed by atoms with E-state index in [1.165, 1.54) is 0 Å². The van der Waals surface area contributed by atoms with Crippen LogP contribution >= 0.6 is 11.8 Å². The molecule has 1 unspecified atom stereocenters. The van der Waals surface area contributed by atoms with Gasteiger partial charge in [0.15, 0.2) is 5.69 Å². The van der Waals surface area contributed by atoms with E-state index < -0.39 is 5.97 Å². The Morgan fingerprint density at radius 2 is 2.20 bits per heavy atom. The summed E-state index contributed by atoms with van der Waals surface area (Å²) in [6.45, 7) is 2.08. The van der Waals surface area contributed by atoms with Crippen molar-refractivity contribution in [2.45, 2.75) is 19.4 Å². The molecule has 1 aromatic heterocycles. The lowest BCUT2D eigenvalue weighted by Crippen LogP contribution is -2.18. The van der Waals surface area contributed by atoms with Crippen molar-refractivity contribution in [3.05, 3.63) is 36.0 Å². The van der Waals surface area contributed by atoms with Crippen LogP contribution in [0.25, 0.3) is 10.8 Å². The maximum Gasteiger partial charge on any atom is 0.354 e. The van der Waals surface area contributed by atoms with E-state index in [9.17, 15) is 4.79 Å². The molecule has 0 aliphatic rings. The van der Waals surface area contributed by atoms with Gasteiger partial charge in [-0.05, 0) is 36.8 Å². The summed E-state index contributed by atoms with van der Waals surface area (Å²) < 4.78 is 0. The van der Waals surface area contributed by atoms with Crippen LogP contribution in [0, 0.1) is 0 Å². The van der Waals surface area contributed by atoms with E-state index in [2.05, 4.69) is 23.5 Å². The summed E-state index contributed by atoms with van der Waals surface area (Å²) in [5.74, 6) is 0.703. The number of carboxylic acids is 1. The Kier molecular flexibility index (Phi) is 4.84.